The summed E-state index contributed by atoms with van der Waals surface area (Å²) < 4.78 is 0. The average Bonchev–Trinajstić information content (AvgIpc) is 2.34. The molecular weight excluding hydrogens is 228 g/mol. The molecule has 0 aliphatic carbocycles. The van der Waals surface area contributed by atoms with E-state index in [0.717, 1.165) is 25.2 Å². The molecular formula is C13H22N4O. The molecule has 1 aromatic rings. The molecule has 5 heteroatoms. The molecule has 0 aliphatic rings. The Balaban J connectivity index is 2.89. The van der Waals surface area contributed by atoms with Crippen molar-refractivity contribution in [1.29, 1.82) is 0 Å². The zero-order valence-electron chi connectivity index (χ0n) is 11.1. The molecule has 0 aliphatic heterocycles. The Morgan fingerprint density at radius 3 is 2.78 bits per heavy atom. The lowest BCUT2D eigenvalue weighted by molar-refractivity contribution is 0.0995. The number of rotatable bonds is 7. The number of nitrogens with two attached hydrogens (primary N) is 2. The summed E-state index contributed by atoms with van der Waals surface area (Å²) in [7, 11) is 0. The third-order valence-electron chi connectivity index (χ3n) is 2.58. The van der Waals surface area contributed by atoms with E-state index in [9.17, 15) is 4.79 Å². The first-order valence-electron chi connectivity index (χ1n) is 6.25. The normalized spacial score (nSPS) is 10.7. The van der Waals surface area contributed by atoms with Crippen molar-refractivity contribution in [2.75, 3.05) is 24.5 Å². The maximum atomic E-state index is 11.1. The van der Waals surface area contributed by atoms with Gasteiger partial charge in [0.1, 0.15) is 5.69 Å². The molecule has 5 nitrogen and oxygen atoms in total. The maximum absolute atomic E-state index is 11.1. The zero-order chi connectivity index (χ0) is 13.5. The van der Waals surface area contributed by atoms with Crippen LogP contribution in [-0.2, 0) is 0 Å². The van der Waals surface area contributed by atoms with E-state index >= 15 is 0 Å². The first-order chi connectivity index (χ1) is 8.54. The molecule has 100 valence electrons. The van der Waals surface area contributed by atoms with Crippen LogP contribution in [0.1, 0.15) is 30.8 Å². The van der Waals surface area contributed by atoms with Crippen molar-refractivity contribution in [2.24, 2.45) is 17.4 Å². The van der Waals surface area contributed by atoms with Gasteiger partial charge in [-0.1, -0.05) is 13.8 Å². The quantitative estimate of drug-likeness (QED) is 0.755. The number of anilines is 1. The van der Waals surface area contributed by atoms with Crippen LogP contribution >= 0.6 is 0 Å². The lowest BCUT2D eigenvalue weighted by Gasteiger charge is -2.26. The number of carbonyl (C=O) groups excluding carboxylic acids is 1. The fourth-order valence-corrected chi connectivity index (χ4v) is 1.80. The number of pyridine rings is 1. The molecule has 0 saturated heterocycles. The summed E-state index contributed by atoms with van der Waals surface area (Å²) in [6.45, 7) is 6.76. The van der Waals surface area contributed by atoms with Gasteiger partial charge in [0.25, 0.3) is 5.91 Å². The monoisotopic (exact) mass is 250 g/mol. The number of nitrogens with zero attached hydrogens (tertiary/aromatic N) is 2. The average molecular weight is 250 g/mol. The fraction of sp³-hybridized carbons (Fsp3) is 0.538. The Kier molecular flexibility index (Phi) is 5.58. The third-order valence-corrected chi connectivity index (χ3v) is 2.58. The van der Waals surface area contributed by atoms with E-state index < -0.39 is 5.91 Å². The van der Waals surface area contributed by atoms with Crippen molar-refractivity contribution in [3.8, 4) is 0 Å². The van der Waals surface area contributed by atoms with E-state index in [1.807, 2.05) is 6.07 Å². The van der Waals surface area contributed by atoms with Crippen molar-refractivity contribution in [1.82, 2.24) is 4.98 Å². The summed E-state index contributed by atoms with van der Waals surface area (Å²) in [6.07, 6.45) is 2.53. The second kappa shape index (κ2) is 6.96. The lowest BCUT2D eigenvalue weighted by atomic mass is 10.1. The highest BCUT2D eigenvalue weighted by Gasteiger charge is 2.10. The Bertz CT molecular complexity index is 392. The number of carbonyl (C=O) groups is 1. The van der Waals surface area contributed by atoms with Crippen LogP contribution < -0.4 is 16.4 Å². The van der Waals surface area contributed by atoms with Gasteiger partial charge in [0, 0.05) is 25.0 Å². The molecule has 18 heavy (non-hydrogen) atoms. The minimum atomic E-state index is -0.500. The van der Waals surface area contributed by atoms with Crippen molar-refractivity contribution in [2.45, 2.75) is 20.3 Å². The summed E-state index contributed by atoms with van der Waals surface area (Å²) in [4.78, 5) is 17.3. The van der Waals surface area contributed by atoms with Crippen molar-refractivity contribution < 1.29 is 4.79 Å². The van der Waals surface area contributed by atoms with Gasteiger partial charge in [0.2, 0.25) is 0 Å². The second-order valence-electron chi connectivity index (χ2n) is 4.75. The molecule has 0 aromatic carbocycles. The predicted molar refractivity (Wildman–Crippen MR) is 73.5 cm³/mol. The van der Waals surface area contributed by atoms with Crippen LogP contribution in [0.25, 0.3) is 0 Å². The summed E-state index contributed by atoms with van der Waals surface area (Å²) in [5, 5.41) is 0. The van der Waals surface area contributed by atoms with Crippen LogP contribution in [0.4, 0.5) is 5.69 Å². The predicted octanol–water partition coefficient (Wildman–Crippen LogP) is 0.992. The number of primary amides is 1. The van der Waals surface area contributed by atoms with Crippen molar-refractivity contribution in [3.05, 3.63) is 24.0 Å². The van der Waals surface area contributed by atoms with Crippen LogP contribution in [0.2, 0.25) is 0 Å². The van der Waals surface area contributed by atoms with E-state index in [4.69, 9.17) is 11.5 Å². The SMILES string of the molecule is CC(C)CN(CCCN)c1ccnc(C(N)=O)c1. The standard InChI is InChI=1S/C13H22N4O/c1-10(2)9-17(7-3-5-14)11-4-6-16-12(8-11)13(15)18/h4,6,8,10H,3,5,7,9,14H2,1-2H3,(H2,15,18). The van der Waals surface area contributed by atoms with E-state index in [1.54, 1.807) is 12.3 Å². The maximum Gasteiger partial charge on any atom is 0.267 e. The summed E-state index contributed by atoms with van der Waals surface area (Å²) in [5.74, 6) is 0.0353. The van der Waals surface area contributed by atoms with E-state index in [2.05, 4.69) is 23.7 Å². The Labute approximate surface area is 108 Å². The van der Waals surface area contributed by atoms with Crippen molar-refractivity contribution >= 4 is 11.6 Å². The molecule has 0 spiro atoms. The first-order valence-corrected chi connectivity index (χ1v) is 6.25. The van der Waals surface area contributed by atoms with Gasteiger partial charge in [-0.05, 0) is 31.0 Å². The summed E-state index contributed by atoms with van der Waals surface area (Å²) >= 11 is 0. The molecule has 1 heterocycles. The van der Waals surface area contributed by atoms with Crippen LogP contribution in [0, 0.1) is 5.92 Å². The number of hydrogen-bond donors (Lipinski definition) is 2. The van der Waals surface area contributed by atoms with Crippen LogP contribution in [0.15, 0.2) is 18.3 Å². The molecule has 0 saturated carbocycles. The molecule has 0 radical (unpaired) electrons. The molecule has 1 aromatic heterocycles. The molecule has 0 atom stereocenters. The molecule has 1 rings (SSSR count). The van der Waals surface area contributed by atoms with Gasteiger partial charge in [-0.3, -0.25) is 9.78 Å². The molecule has 0 unspecified atom stereocenters. The fourth-order valence-electron chi connectivity index (χ4n) is 1.80. The van der Waals surface area contributed by atoms with Crippen LogP contribution in [0.3, 0.4) is 0 Å². The minimum absolute atomic E-state index is 0.300. The molecule has 0 fully saturated rings. The van der Waals surface area contributed by atoms with E-state index in [-0.39, 0.29) is 0 Å². The minimum Gasteiger partial charge on any atom is -0.371 e. The Morgan fingerprint density at radius 2 is 2.22 bits per heavy atom. The molecule has 0 bridgehead atoms. The van der Waals surface area contributed by atoms with Gasteiger partial charge in [0.05, 0.1) is 0 Å². The van der Waals surface area contributed by atoms with Gasteiger partial charge in [-0.15, -0.1) is 0 Å². The number of aromatic nitrogens is 1. The van der Waals surface area contributed by atoms with Crippen LogP contribution in [0.5, 0.6) is 0 Å². The number of hydrogen-bond acceptors (Lipinski definition) is 4. The van der Waals surface area contributed by atoms with Gasteiger partial charge in [0.15, 0.2) is 0 Å². The van der Waals surface area contributed by atoms with Crippen molar-refractivity contribution in [3.63, 3.8) is 0 Å². The van der Waals surface area contributed by atoms with Crippen LogP contribution in [-0.4, -0.2) is 30.5 Å². The van der Waals surface area contributed by atoms with E-state index in [0.29, 0.717) is 18.2 Å². The summed E-state index contributed by atoms with van der Waals surface area (Å²) in [5.41, 5.74) is 12.1. The first kappa shape index (κ1) is 14.4. The zero-order valence-corrected chi connectivity index (χ0v) is 11.1. The Hall–Kier alpha value is -1.62. The second-order valence-corrected chi connectivity index (χ2v) is 4.75. The van der Waals surface area contributed by atoms with E-state index in [1.165, 1.54) is 0 Å². The Morgan fingerprint density at radius 1 is 1.50 bits per heavy atom. The summed E-state index contributed by atoms with van der Waals surface area (Å²) in [6, 6.07) is 3.63. The molecule has 1 amide bonds. The smallest absolute Gasteiger partial charge is 0.267 e. The van der Waals surface area contributed by atoms with Gasteiger partial charge in [-0.2, -0.15) is 0 Å². The number of amides is 1. The largest absolute Gasteiger partial charge is 0.371 e. The topological polar surface area (TPSA) is 85.2 Å². The van der Waals surface area contributed by atoms with Gasteiger partial charge >= 0.3 is 0 Å². The highest BCUT2D eigenvalue weighted by Crippen LogP contribution is 2.16. The third kappa shape index (κ3) is 4.33. The highest BCUT2D eigenvalue weighted by atomic mass is 16.1. The molecule has 4 N–H and O–H groups in total. The van der Waals surface area contributed by atoms with Gasteiger partial charge in [-0.25, -0.2) is 0 Å². The highest BCUT2D eigenvalue weighted by molar-refractivity contribution is 5.91. The lowest BCUT2D eigenvalue weighted by Crippen LogP contribution is -2.30. The van der Waals surface area contributed by atoms with Gasteiger partial charge < -0.3 is 16.4 Å².